The van der Waals surface area contributed by atoms with Crippen molar-refractivity contribution in [1.82, 2.24) is 10.2 Å². The Morgan fingerprint density at radius 3 is 2.00 bits per heavy atom. The second-order valence-corrected chi connectivity index (χ2v) is 4.23. The molecule has 2 rings (SSSR count). The molecule has 1 aromatic rings. The molecule has 1 aromatic carbocycles. The van der Waals surface area contributed by atoms with E-state index in [0.717, 1.165) is 6.54 Å². The molecular weight excluding hydrogens is 240 g/mol. The number of amides is 2. The highest BCUT2D eigenvalue weighted by Crippen LogP contribution is 2.22. The third kappa shape index (κ3) is 3.20. The Hall–Kier alpha value is -1.68. The van der Waals surface area contributed by atoms with Crippen LogP contribution in [0.3, 0.4) is 0 Å². The molecule has 4 nitrogen and oxygen atoms in total. The van der Waals surface area contributed by atoms with Crippen LogP contribution in [0.1, 0.15) is 48.4 Å². The fourth-order valence-corrected chi connectivity index (χ4v) is 2.09. The van der Waals surface area contributed by atoms with Gasteiger partial charge in [-0.15, -0.1) is 0 Å². The zero-order valence-electron chi connectivity index (χ0n) is 12.1. The van der Waals surface area contributed by atoms with E-state index in [4.69, 9.17) is 0 Å². The van der Waals surface area contributed by atoms with Gasteiger partial charge in [-0.3, -0.25) is 14.5 Å². The lowest BCUT2D eigenvalue weighted by Crippen LogP contribution is -2.41. The van der Waals surface area contributed by atoms with Crippen LogP contribution in [0.25, 0.3) is 0 Å². The Kier molecular flexibility index (Phi) is 5.70. The van der Waals surface area contributed by atoms with Crippen LogP contribution in [-0.4, -0.2) is 35.8 Å². The molecule has 104 valence electrons. The van der Waals surface area contributed by atoms with Gasteiger partial charge >= 0.3 is 0 Å². The molecule has 4 heteroatoms. The van der Waals surface area contributed by atoms with E-state index in [0.29, 0.717) is 17.7 Å². The van der Waals surface area contributed by atoms with E-state index in [1.54, 1.807) is 24.3 Å². The highest BCUT2D eigenvalue weighted by atomic mass is 16.2. The number of rotatable bonds is 4. The highest BCUT2D eigenvalue weighted by molar-refractivity contribution is 6.21. The van der Waals surface area contributed by atoms with E-state index in [1.165, 1.54) is 4.90 Å². The van der Waals surface area contributed by atoms with Crippen LogP contribution in [-0.2, 0) is 0 Å². The quantitative estimate of drug-likeness (QED) is 0.847. The Labute approximate surface area is 114 Å². The molecule has 0 aromatic heterocycles. The summed E-state index contributed by atoms with van der Waals surface area (Å²) in [6.07, 6.45) is 0. The van der Waals surface area contributed by atoms with Gasteiger partial charge in [-0.25, -0.2) is 0 Å². The van der Waals surface area contributed by atoms with E-state index < -0.39 is 0 Å². The van der Waals surface area contributed by atoms with E-state index in [9.17, 15) is 9.59 Å². The standard InChI is InChI=1S/C13H16N2O2.C2H6/c1-3-14-9(2)8-15-12(16)10-6-4-5-7-11(10)13(15)17;1-2/h4-7,9,14H,3,8H2,1-2H3;1-2H3. The van der Waals surface area contributed by atoms with Crippen LogP contribution < -0.4 is 5.32 Å². The first kappa shape index (κ1) is 15.4. The lowest BCUT2D eigenvalue weighted by molar-refractivity contribution is 0.0641. The Bertz CT molecular complexity index is 422. The van der Waals surface area contributed by atoms with Crippen LogP contribution in [0.4, 0.5) is 0 Å². The maximum Gasteiger partial charge on any atom is 0.261 e. The lowest BCUT2D eigenvalue weighted by atomic mass is 10.1. The van der Waals surface area contributed by atoms with Gasteiger partial charge in [0.05, 0.1) is 11.1 Å². The zero-order chi connectivity index (χ0) is 14.4. The van der Waals surface area contributed by atoms with Gasteiger partial charge in [-0.2, -0.15) is 0 Å². The van der Waals surface area contributed by atoms with Crippen molar-refractivity contribution in [1.29, 1.82) is 0 Å². The van der Waals surface area contributed by atoms with Crippen molar-refractivity contribution in [3.05, 3.63) is 35.4 Å². The minimum atomic E-state index is -0.185. The maximum absolute atomic E-state index is 12.0. The summed E-state index contributed by atoms with van der Waals surface area (Å²) in [5, 5.41) is 3.19. The van der Waals surface area contributed by atoms with Crippen LogP contribution in [0.15, 0.2) is 24.3 Å². The monoisotopic (exact) mass is 262 g/mol. The molecule has 2 amide bonds. The molecule has 0 saturated carbocycles. The molecule has 0 radical (unpaired) electrons. The number of nitrogens with zero attached hydrogens (tertiary/aromatic N) is 1. The van der Waals surface area contributed by atoms with Gasteiger partial charge in [0.1, 0.15) is 0 Å². The summed E-state index contributed by atoms with van der Waals surface area (Å²) in [6, 6.07) is 7.07. The van der Waals surface area contributed by atoms with Gasteiger partial charge in [-0.1, -0.05) is 32.9 Å². The number of hydrogen-bond donors (Lipinski definition) is 1. The summed E-state index contributed by atoms with van der Waals surface area (Å²) in [6.45, 7) is 9.20. The first-order valence-corrected chi connectivity index (χ1v) is 6.83. The van der Waals surface area contributed by atoms with Crippen molar-refractivity contribution in [2.45, 2.75) is 33.7 Å². The number of benzene rings is 1. The molecule has 0 fully saturated rings. The number of likely N-dealkylation sites (N-methyl/N-ethyl adjacent to an activating group) is 1. The van der Waals surface area contributed by atoms with E-state index in [1.807, 2.05) is 27.7 Å². The normalized spacial score (nSPS) is 14.8. The van der Waals surface area contributed by atoms with E-state index >= 15 is 0 Å². The number of imide groups is 1. The van der Waals surface area contributed by atoms with Crippen molar-refractivity contribution in [3.63, 3.8) is 0 Å². The lowest BCUT2D eigenvalue weighted by Gasteiger charge is -2.19. The predicted octanol–water partition coefficient (Wildman–Crippen LogP) is 2.31. The molecule has 1 aliphatic heterocycles. The van der Waals surface area contributed by atoms with Gasteiger partial charge in [0.25, 0.3) is 11.8 Å². The molecular formula is C15H22N2O2. The van der Waals surface area contributed by atoms with Crippen LogP contribution >= 0.6 is 0 Å². The average molecular weight is 262 g/mol. The molecule has 0 saturated heterocycles. The third-order valence-corrected chi connectivity index (χ3v) is 2.89. The number of nitrogens with one attached hydrogen (secondary N) is 1. The smallest absolute Gasteiger partial charge is 0.261 e. The molecule has 19 heavy (non-hydrogen) atoms. The number of carbonyl (C=O) groups is 2. The van der Waals surface area contributed by atoms with Gasteiger partial charge in [-0.05, 0) is 25.6 Å². The minimum absolute atomic E-state index is 0.113. The Morgan fingerprint density at radius 2 is 1.58 bits per heavy atom. The fourth-order valence-electron chi connectivity index (χ4n) is 2.09. The molecule has 1 aliphatic rings. The Balaban J connectivity index is 0.000000861. The van der Waals surface area contributed by atoms with Crippen LogP contribution in [0.5, 0.6) is 0 Å². The Morgan fingerprint density at radius 1 is 1.11 bits per heavy atom. The van der Waals surface area contributed by atoms with E-state index in [2.05, 4.69) is 5.32 Å². The van der Waals surface area contributed by atoms with Crippen molar-refractivity contribution >= 4 is 11.8 Å². The molecule has 1 heterocycles. The summed E-state index contributed by atoms with van der Waals surface area (Å²) >= 11 is 0. The topological polar surface area (TPSA) is 49.4 Å². The molecule has 0 spiro atoms. The summed E-state index contributed by atoms with van der Waals surface area (Å²) in [4.78, 5) is 25.4. The summed E-state index contributed by atoms with van der Waals surface area (Å²) in [5.41, 5.74) is 1.03. The highest BCUT2D eigenvalue weighted by Gasteiger charge is 2.35. The van der Waals surface area contributed by atoms with Crippen LogP contribution in [0.2, 0.25) is 0 Å². The molecule has 1 N–H and O–H groups in total. The number of hydrogen-bond acceptors (Lipinski definition) is 3. The first-order chi connectivity index (χ1) is 9.15. The second kappa shape index (κ2) is 7.04. The van der Waals surface area contributed by atoms with Crippen molar-refractivity contribution in [2.24, 2.45) is 0 Å². The van der Waals surface area contributed by atoms with Gasteiger partial charge < -0.3 is 5.32 Å². The van der Waals surface area contributed by atoms with Gasteiger partial charge in [0.2, 0.25) is 0 Å². The second-order valence-electron chi connectivity index (χ2n) is 4.23. The van der Waals surface area contributed by atoms with Gasteiger partial charge in [0, 0.05) is 12.6 Å². The summed E-state index contributed by atoms with van der Waals surface area (Å²) in [5.74, 6) is -0.370. The summed E-state index contributed by atoms with van der Waals surface area (Å²) < 4.78 is 0. The zero-order valence-corrected chi connectivity index (χ0v) is 12.1. The van der Waals surface area contributed by atoms with Crippen molar-refractivity contribution in [2.75, 3.05) is 13.1 Å². The van der Waals surface area contributed by atoms with Crippen LogP contribution in [0, 0.1) is 0 Å². The first-order valence-electron chi connectivity index (χ1n) is 6.83. The van der Waals surface area contributed by atoms with Gasteiger partial charge in [0.15, 0.2) is 0 Å². The largest absolute Gasteiger partial charge is 0.313 e. The van der Waals surface area contributed by atoms with Crippen molar-refractivity contribution in [3.8, 4) is 0 Å². The predicted molar refractivity (Wildman–Crippen MR) is 76.3 cm³/mol. The molecule has 1 atom stereocenters. The molecule has 1 unspecified atom stereocenters. The maximum atomic E-state index is 12.0. The van der Waals surface area contributed by atoms with E-state index in [-0.39, 0.29) is 17.9 Å². The van der Waals surface area contributed by atoms with Crippen molar-refractivity contribution < 1.29 is 9.59 Å². The summed E-state index contributed by atoms with van der Waals surface area (Å²) in [7, 11) is 0. The number of fused-ring (bicyclic) bond motifs is 1. The fraction of sp³-hybridized carbons (Fsp3) is 0.467. The third-order valence-electron chi connectivity index (χ3n) is 2.89. The number of carbonyl (C=O) groups excluding carboxylic acids is 2. The average Bonchev–Trinajstić information content (AvgIpc) is 2.67. The SMILES string of the molecule is CC.CCNC(C)CN1C(=O)c2ccccc2C1=O. The molecule has 0 aliphatic carbocycles. The molecule has 0 bridgehead atoms. The minimum Gasteiger partial charge on any atom is -0.313 e.